The Balaban J connectivity index is 1.68. The summed E-state index contributed by atoms with van der Waals surface area (Å²) >= 11 is 0. The first kappa shape index (κ1) is 20.0. The number of fused-ring (bicyclic) bond motifs is 4. The highest BCUT2D eigenvalue weighted by Gasteiger charge is 2.20. The molecule has 0 radical (unpaired) electrons. The van der Waals surface area contributed by atoms with E-state index in [1.165, 1.54) is 0 Å². The van der Waals surface area contributed by atoms with Crippen molar-refractivity contribution in [2.24, 2.45) is 0 Å². The molecule has 2 aromatic carbocycles. The first-order chi connectivity index (χ1) is 16.7. The van der Waals surface area contributed by atoms with Gasteiger partial charge in [-0.15, -0.1) is 0 Å². The highest BCUT2D eigenvalue weighted by molar-refractivity contribution is 6.12. The zero-order valence-electron chi connectivity index (χ0n) is 18.8. The van der Waals surface area contributed by atoms with Gasteiger partial charge in [0.15, 0.2) is 23.0 Å². The molecule has 168 valence electrons. The van der Waals surface area contributed by atoms with Crippen LogP contribution in [0, 0.1) is 0 Å². The molecule has 4 heterocycles. The van der Waals surface area contributed by atoms with Crippen LogP contribution in [0.25, 0.3) is 55.7 Å². The summed E-state index contributed by atoms with van der Waals surface area (Å²) in [6.45, 7) is 0. The molecule has 34 heavy (non-hydrogen) atoms. The number of ether oxygens (including phenoxy) is 3. The van der Waals surface area contributed by atoms with Crippen LogP contribution in [0.1, 0.15) is 0 Å². The molecule has 0 aliphatic carbocycles. The monoisotopic (exact) mass is 451 g/mol. The van der Waals surface area contributed by atoms with E-state index in [1.54, 1.807) is 27.5 Å². The molecule has 0 bridgehead atoms. The Morgan fingerprint density at radius 3 is 2.24 bits per heavy atom. The highest BCUT2D eigenvalue weighted by atomic mass is 16.5. The number of benzene rings is 2. The summed E-state index contributed by atoms with van der Waals surface area (Å²) in [4.78, 5) is 20.9. The van der Waals surface area contributed by atoms with Gasteiger partial charge in [0.2, 0.25) is 5.75 Å². The molecule has 6 rings (SSSR count). The molecule has 4 aromatic heterocycles. The number of hydrogen-bond acceptors (Lipinski definition) is 6. The lowest BCUT2D eigenvalue weighted by molar-refractivity contribution is 0.324. The van der Waals surface area contributed by atoms with Crippen molar-refractivity contribution in [3.8, 4) is 40.0 Å². The van der Waals surface area contributed by atoms with Gasteiger partial charge in [-0.2, -0.15) is 0 Å². The van der Waals surface area contributed by atoms with E-state index in [-0.39, 0.29) is 0 Å². The second-order valence-corrected chi connectivity index (χ2v) is 7.82. The minimum absolute atomic E-state index is 0.529. The van der Waals surface area contributed by atoms with Gasteiger partial charge in [0.05, 0.1) is 38.1 Å². The van der Waals surface area contributed by atoms with Crippen molar-refractivity contribution < 1.29 is 14.2 Å². The molecule has 0 fully saturated rings. The van der Waals surface area contributed by atoms with Gasteiger partial charge in [-0.3, -0.25) is 0 Å². The average Bonchev–Trinajstić information content (AvgIpc) is 3.48. The second-order valence-electron chi connectivity index (χ2n) is 7.82. The summed E-state index contributed by atoms with van der Waals surface area (Å²) in [6.07, 6.45) is 1.73. The van der Waals surface area contributed by atoms with Crippen molar-refractivity contribution in [2.45, 2.75) is 0 Å². The fraction of sp³-hybridized carbons (Fsp3) is 0.115. The number of nitrogens with one attached hydrogen (secondary N) is 2. The molecule has 6 aromatic rings. The Bertz CT molecular complexity index is 1630. The molecular formula is C26H21N5O3. The molecule has 0 unspecified atom stereocenters. The fourth-order valence-corrected chi connectivity index (χ4v) is 4.36. The third-order valence-corrected chi connectivity index (χ3v) is 5.93. The fourth-order valence-electron chi connectivity index (χ4n) is 4.36. The van der Waals surface area contributed by atoms with Crippen LogP contribution in [0.15, 0.2) is 60.8 Å². The maximum absolute atomic E-state index is 5.60. The Hall–Kier alpha value is -4.59. The highest BCUT2D eigenvalue weighted by Crippen LogP contribution is 2.43. The average molecular weight is 451 g/mol. The van der Waals surface area contributed by atoms with E-state index in [0.29, 0.717) is 34.4 Å². The van der Waals surface area contributed by atoms with Gasteiger partial charge < -0.3 is 24.2 Å². The summed E-state index contributed by atoms with van der Waals surface area (Å²) in [7, 11) is 4.79. The molecule has 0 amide bonds. The Labute approximate surface area is 194 Å². The Morgan fingerprint density at radius 2 is 1.50 bits per heavy atom. The molecule has 0 aliphatic rings. The molecule has 0 saturated heterocycles. The maximum atomic E-state index is 5.60. The van der Waals surface area contributed by atoms with E-state index in [2.05, 4.69) is 32.1 Å². The molecule has 0 spiro atoms. The summed E-state index contributed by atoms with van der Waals surface area (Å²) in [5.74, 6) is 2.29. The van der Waals surface area contributed by atoms with Crippen molar-refractivity contribution >= 4 is 33.0 Å². The molecule has 8 heteroatoms. The summed E-state index contributed by atoms with van der Waals surface area (Å²) in [5.41, 5.74) is 5.71. The number of rotatable bonds is 5. The number of methoxy groups -OCH3 is 3. The molecule has 0 saturated carbocycles. The van der Waals surface area contributed by atoms with Crippen molar-refractivity contribution in [2.75, 3.05) is 21.3 Å². The third-order valence-electron chi connectivity index (χ3n) is 5.93. The van der Waals surface area contributed by atoms with Crippen LogP contribution >= 0.6 is 0 Å². The zero-order chi connectivity index (χ0) is 23.2. The van der Waals surface area contributed by atoms with Crippen molar-refractivity contribution in [1.29, 1.82) is 0 Å². The van der Waals surface area contributed by atoms with Crippen LogP contribution in [-0.4, -0.2) is 46.2 Å². The lowest BCUT2D eigenvalue weighted by atomic mass is 10.0. The molecular weight excluding hydrogens is 430 g/mol. The summed E-state index contributed by atoms with van der Waals surface area (Å²) in [6, 6.07) is 17.9. The van der Waals surface area contributed by atoms with Crippen molar-refractivity contribution in [3.63, 3.8) is 0 Å². The normalized spacial score (nSPS) is 11.4. The third kappa shape index (κ3) is 3.03. The SMILES string of the molecule is COc1cc(-c2nc(-c3nc4ncccc4[nH]3)cc3c2[nH]c2ccccc23)cc(OC)c1OC. The van der Waals surface area contributed by atoms with E-state index < -0.39 is 0 Å². The van der Waals surface area contributed by atoms with Gasteiger partial charge in [-0.05, 0) is 36.4 Å². The van der Waals surface area contributed by atoms with E-state index in [9.17, 15) is 0 Å². The number of para-hydroxylation sites is 1. The van der Waals surface area contributed by atoms with Crippen LogP contribution in [0.3, 0.4) is 0 Å². The minimum atomic E-state index is 0.529. The number of imidazole rings is 1. The minimum Gasteiger partial charge on any atom is -0.493 e. The van der Waals surface area contributed by atoms with Crippen LogP contribution in [0.5, 0.6) is 17.2 Å². The van der Waals surface area contributed by atoms with E-state index >= 15 is 0 Å². The maximum Gasteiger partial charge on any atom is 0.203 e. The molecule has 0 atom stereocenters. The number of H-pyrrole nitrogens is 2. The van der Waals surface area contributed by atoms with E-state index in [4.69, 9.17) is 19.2 Å². The zero-order valence-corrected chi connectivity index (χ0v) is 18.8. The smallest absolute Gasteiger partial charge is 0.203 e. The Kier molecular flexibility index (Phi) is 4.58. The lowest BCUT2D eigenvalue weighted by Crippen LogP contribution is -1.97. The Morgan fingerprint density at radius 1 is 0.735 bits per heavy atom. The first-order valence-electron chi connectivity index (χ1n) is 10.7. The molecule has 8 nitrogen and oxygen atoms in total. The van der Waals surface area contributed by atoms with E-state index in [1.807, 2.05) is 42.5 Å². The lowest BCUT2D eigenvalue weighted by Gasteiger charge is -2.14. The van der Waals surface area contributed by atoms with Gasteiger partial charge >= 0.3 is 0 Å². The van der Waals surface area contributed by atoms with Gasteiger partial charge in [0.1, 0.15) is 5.69 Å². The largest absolute Gasteiger partial charge is 0.493 e. The molecule has 2 N–H and O–H groups in total. The number of aromatic amines is 2. The predicted octanol–water partition coefficient (Wildman–Crippen LogP) is 5.35. The quantitative estimate of drug-likeness (QED) is 0.367. The number of pyridine rings is 2. The van der Waals surface area contributed by atoms with Gasteiger partial charge in [0, 0.05) is 28.0 Å². The second kappa shape index (κ2) is 7.77. The van der Waals surface area contributed by atoms with E-state index in [0.717, 1.165) is 38.6 Å². The molecule has 0 aliphatic heterocycles. The predicted molar refractivity (Wildman–Crippen MR) is 132 cm³/mol. The summed E-state index contributed by atoms with van der Waals surface area (Å²) < 4.78 is 16.7. The number of hydrogen-bond donors (Lipinski definition) is 2. The summed E-state index contributed by atoms with van der Waals surface area (Å²) in [5, 5.41) is 2.14. The number of nitrogens with zero attached hydrogens (tertiary/aromatic N) is 3. The number of aromatic nitrogens is 5. The van der Waals surface area contributed by atoms with Gasteiger partial charge in [-0.1, -0.05) is 18.2 Å². The van der Waals surface area contributed by atoms with Crippen LogP contribution in [0.2, 0.25) is 0 Å². The van der Waals surface area contributed by atoms with Crippen molar-refractivity contribution in [1.82, 2.24) is 24.9 Å². The van der Waals surface area contributed by atoms with Gasteiger partial charge in [0.25, 0.3) is 0 Å². The van der Waals surface area contributed by atoms with Crippen LogP contribution in [-0.2, 0) is 0 Å². The van der Waals surface area contributed by atoms with Crippen LogP contribution < -0.4 is 14.2 Å². The standard InChI is InChI=1S/C26H21N5O3/c1-32-20-11-14(12-21(33-2)24(20)34-3)22-23-16(15-7-4-5-8-17(15)28-23)13-19(29-22)26-30-18-9-6-10-27-25(18)31-26/h4-13,28H,1-3H3,(H,27,30,31). The topological polar surface area (TPSA) is 97.9 Å². The van der Waals surface area contributed by atoms with Gasteiger partial charge in [-0.25, -0.2) is 15.0 Å². The first-order valence-corrected chi connectivity index (χ1v) is 10.7. The van der Waals surface area contributed by atoms with Crippen molar-refractivity contribution in [3.05, 3.63) is 60.8 Å². The van der Waals surface area contributed by atoms with Crippen LogP contribution in [0.4, 0.5) is 0 Å².